The molecule has 0 saturated carbocycles. The zero-order valence-electron chi connectivity index (χ0n) is 24.9. The first-order chi connectivity index (χ1) is 20.6. The van der Waals surface area contributed by atoms with E-state index in [1.807, 2.05) is 72.8 Å². The number of hydrogen-bond donors (Lipinski definition) is 0. The maximum Gasteiger partial charge on any atom is 0.489 e. The Hall–Kier alpha value is -3.48. The monoisotopic (exact) mass is 560 g/mol. The molecule has 1 fully saturated rings. The van der Waals surface area contributed by atoms with Crippen LogP contribution in [0.5, 0.6) is 0 Å². The van der Waals surface area contributed by atoms with Gasteiger partial charge in [0.15, 0.2) is 0 Å². The van der Waals surface area contributed by atoms with E-state index in [-0.39, 0.29) is 0 Å². The molecule has 1 heterocycles. The standard InChI is InChI=1S/C37H41BO4/c1-5-6-11-20-29(2)38-41-34(36(39-3,30-21-12-7-13-22-30)31-23-14-8-15-24-31)35(42-38)37(40-4,32-25-16-9-17-26-32)33-27-18-10-19-28-33/h7-10,12-19,21-28,34-35H,2,5-6,11,20H2,1,3-4H3/t34-,35-/m1/s1. The van der Waals surface area contributed by atoms with Gasteiger partial charge in [0.2, 0.25) is 0 Å². The van der Waals surface area contributed by atoms with E-state index in [0.29, 0.717) is 0 Å². The van der Waals surface area contributed by atoms with Gasteiger partial charge >= 0.3 is 7.12 Å². The van der Waals surface area contributed by atoms with Crippen LogP contribution in [0.15, 0.2) is 133 Å². The molecule has 4 aromatic rings. The Balaban J connectivity index is 1.76. The predicted molar refractivity (Wildman–Crippen MR) is 170 cm³/mol. The van der Waals surface area contributed by atoms with Crippen molar-refractivity contribution in [1.82, 2.24) is 0 Å². The Kier molecular flexibility index (Phi) is 9.76. The molecule has 0 radical (unpaired) electrons. The quantitative estimate of drug-likeness (QED) is 0.122. The zero-order valence-corrected chi connectivity index (χ0v) is 24.9. The van der Waals surface area contributed by atoms with Crippen molar-refractivity contribution in [3.63, 3.8) is 0 Å². The maximum atomic E-state index is 7.06. The van der Waals surface area contributed by atoms with Crippen LogP contribution in [0.1, 0.15) is 54.9 Å². The maximum absolute atomic E-state index is 7.06. The highest BCUT2D eigenvalue weighted by molar-refractivity contribution is 6.54. The Bertz CT molecular complexity index is 1220. The number of unbranched alkanes of at least 4 members (excludes halogenated alkanes) is 2. The minimum Gasteiger partial charge on any atom is -0.398 e. The fourth-order valence-electron chi connectivity index (χ4n) is 6.41. The molecule has 0 bridgehead atoms. The van der Waals surface area contributed by atoms with E-state index < -0.39 is 30.5 Å². The van der Waals surface area contributed by atoms with E-state index in [0.717, 1.165) is 53.4 Å². The summed E-state index contributed by atoms with van der Waals surface area (Å²) in [7, 11) is 2.88. The number of allylic oxidation sites excluding steroid dienone is 1. The van der Waals surface area contributed by atoms with Gasteiger partial charge in [0, 0.05) is 14.2 Å². The predicted octanol–water partition coefficient (Wildman–Crippen LogP) is 8.11. The lowest BCUT2D eigenvalue weighted by Gasteiger charge is -2.46. The molecule has 1 saturated heterocycles. The topological polar surface area (TPSA) is 36.9 Å². The average molecular weight is 561 g/mol. The summed E-state index contributed by atoms with van der Waals surface area (Å²) < 4.78 is 27.5. The molecule has 0 spiro atoms. The summed E-state index contributed by atoms with van der Waals surface area (Å²) in [6.07, 6.45) is 2.90. The van der Waals surface area contributed by atoms with Crippen LogP contribution in [-0.4, -0.2) is 33.5 Å². The number of benzene rings is 4. The van der Waals surface area contributed by atoms with Crippen LogP contribution in [0.2, 0.25) is 0 Å². The minimum absolute atomic E-state index is 0.611. The Morgan fingerprint density at radius 2 is 0.952 bits per heavy atom. The molecule has 5 rings (SSSR count). The highest BCUT2D eigenvalue weighted by Crippen LogP contribution is 2.51. The SMILES string of the molecule is C=C(CCCCC)B1O[C@@H](C(OC)(c2ccccc2)c2ccccc2)[C@H](C(OC)(c2ccccc2)c2ccccc2)O1. The van der Waals surface area contributed by atoms with E-state index in [9.17, 15) is 0 Å². The van der Waals surface area contributed by atoms with Crippen molar-refractivity contribution >= 4 is 7.12 Å². The molecule has 1 aliphatic heterocycles. The second kappa shape index (κ2) is 13.7. The molecule has 0 unspecified atom stereocenters. The van der Waals surface area contributed by atoms with Gasteiger partial charge in [-0.2, -0.15) is 0 Å². The van der Waals surface area contributed by atoms with Crippen molar-refractivity contribution in [2.24, 2.45) is 0 Å². The highest BCUT2D eigenvalue weighted by atomic mass is 16.7. The third kappa shape index (κ3) is 5.50. The Morgan fingerprint density at radius 3 is 1.24 bits per heavy atom. The summed E-state index contributed by atoms with van der Waals surface area (Å²) >= 11 is 0. The van der Waals surface area contributed by atoms with Gasteiger partial charge in [0.25, 0.3) is 0 Å². The number of methoxy groups -OCH3 is 2. The summed E-state index contributed by atoms with van der Waals surface area (Å²) in [5, 5.41) is 0. The number of rotatable bonds is 13. The van der Waals surface area contributed by atoms with Crippen molar-refractivity contribution in [3.8, 4) is 0 Å². The molecule has 0 amide bonds. The van der Waals surface area contributed by atoms with E-state index >= 15 is 0 Å². The van der Waals surface area contributed by atoms with Crippen LogP contribution in [-0.2, 0) is 30.0 Å². The molecular weight excluding hydrogens is 519 g/mol. The van der Waals surface area contributed by atoms with Crippen LogP contribution in [0.25, 0.3) is 0 Å². The van der Waals surface area contributed by atoms with E-state index in [1.165, 1.54) is 0 Å². The third-order valence-corrected chi connectivity index (χ3v) is 8.51. The van der Waals surface area contributed by atoms with Crippen molar-refractivity contribution in [2.45, 2.75) is 56.0 Å². The molecule has 4 aromatic carbocycles. The lowest BCUT2D eigenvalue weighted by atomic mass is 9.71. The number of hydrogen-bond acceptors (Lipinski definition) is 4. The second-order valence-electron chi connectivity index (χ2n) is 10.9. The van der Waals surface area contributed by atoms with Crippen molar-refractivity contribution < 1.29 is 18.8 Å². The number of ether oxygens (including phenoxy) is 2. The Morgan fingerprint density at radius 1 is 0.619 bits per heavy atom. The van der Waals surface area contributed by atoms with Crippen LogP contribution in [0, 0.1) is 0 Å². The molecule has 0 aliphatic carbocycles. The van der Waals surface area contributed by atoms with E-state index in [4.69, 9.17) is 18.8 Å². The molecule has 0 aromatic heterocycles. The van der Waals surface area contributed by atoms with Crippen molar-refractivity contribution in [3.05, 3.63) is 156 Å². The van der Waals surface area contributed by atoms with E-state index in [2.05, 4.69) is 62.0 Å². The van der Waals surface area contributed by atoms with Gasteiger partial charge in [-0.1, -0.05) is 148 Å². The van der Waals surface area contributed by atoms with E-state index in [1.54, 1.807) is 14.2 Å². The van der Waals surface area contributed by atoms with Crippen LogP contribution >= 0.6 is 0 Å². The first-order valence-corrected chi connectivity index (χ1v) is 14.9. The van der Waals surface area contributed by atoms with Crippen molar-refractivity contribution in [1.29, 1.82) is 0 Å². The summed E-state index contributed by atoms with van der Waals surface area (Å²) in [6.45, 7) is 6.66. The van der Waals surface area contributed by atoms with Gasteiger partial charge in [-0.15, -0.1) is 6.58 Å². The lowest BCUT2D eigenvalue weighted by molar-refractivity contribution is -0.136. The molecule has 2 atom stereocenters. The third-order valence-electron chi connectivity index (χ3n) is 8.51. The normalized spacial score (nSPS) is 17.4. The second-order valence-corrected chi connectivity index (χ2v) is 10.9. The molecule has 0 N–H and O–H groups in total. The molecule has 42 heavy (non-hydrogen) atoms. The van der Waals surface area contributed by atoms with Gasteiger partial charge in [0.1, 0.15) is 23.4 Å². The summed E-state index contributed by atoms with van der Waals surface area (Å²) in [4.78, 5) is 0. The smallest absolute Gasteiger partial charge is 0.398 e. The fourth-order valence-corrected chi connectivity index (χ4v) is 6.41. The molecule has 4 nitrogen and oxygen atoms in total. The lowest BCUT2D eigenvalue weighted by Crippen LogP contribution is -2.56. The largest absolute Gasteiger partial charge is 0.489 e. The van der Waals surface area contributed by atoms with Crippen LogP contribution < -0.4 is 0 Å². The Labute approximate surface area is 251 Å². The first-order valence-electron chi connectivity index (χ1n) is 14.9. The van der Waals surface area contributed by atoms with Gasteiger partial charge in [-0.05, 0) is 34.1 Å². The average Bonchev–Trinajstić information content (AvgIpc) is 3.51. The van der Waals surface area contributed by atoms with Crippen LogP contribution in [0.4, 0.5) is 0 Å². The van der Waals surface area contributed by atoms with Crippen molar-refractivity contribution in [2.75, 3.05) is 14.2 Å². The van der Waals surface area contributed by atoms with Crippen LogP contribution in [0.3, 0.4) is 0 Å². The molecule has 5 heteroatoms. The zero-order chi connectivity index (χ0) is 29.4. The van der Waals surface area contributed by atoms with Gasteiger partial charge in [0.05, 0.1) is 0 Å². The van der Waals surface area contributed by atoms with Gasteiger partial charge in [-0.25, -0.2) is 0 Å². The minimum atomic E-state index is -1.01. The summed E-state index contributed by atoms with van der Waals surface area (Å²) in [6, 6.07) is 41.2. The molecular formula is C37H41BO4. The fraction of sp³-hybridized carbons (Fsp3) is 0.297. The summed E-state index contributed by atoms with van der Waals surface area (Å²) in [5.41, 5.74) is 2.79. The van der Waals surface area contributed by atoms with Gasteiger partial charge in [-0.3, -0.25) is 0 Å². The molecule has 1 aliphatic rings. The highest BCUT2D eigenvalue weighted by Gasteiger charge is 2.62. The molecule has 216 valence electrons. The summed E-state index contributed by atoms with van der Waals surface area (Å²) in [5.74, 6) is 0. The first kappa shape index (κ1) is 30.0. The van der Waals surface area contributed by atoms with Gasteiger partial charge < -0.3 is 18.8 Å².